The predicted octanol–water partition coefficient (Wildman–Crippen LogP) is 3.16. The number of thiophene rings is 1. The molecule has 0 radical (unpaired) electrons. The lowest BCUT2D eigenvalue weighted by molar-refractivity contribution is -0.116. The smallest absolute Gasteiger partial charge is 0.340 e. The van der Waals surface area contributed by atoms with Crippen LogP contribution in [0.4, 0.5) is 5.69 Å². The van der Waals surface area contributed by atoms with E-state index in [0.29, 0.717) is 29.4 Å². The second-order valence-corrected chi connectivity index (χ2v) is 5.86. The van der Waals surface area contributed by atoms with E-state index in [1.54, 1.807) is 10.8 Å². The van der Waals surface area contributed by atoms with Crippen molar-refractivity contribution < 1.29 is 18.8 Å². The number of hydrogen-bond donors (Lipinski definition) is 1. The van der Waals surface area contributed by atoms with Crippen molar-refractivity contribution in [2.24, 2.45) is 0 Å². The summed E-state index contributed by atoms with van der Waals surface area (Å²) >= 11 is 1.31. The van der Waals surface area contributed by atoms with E-state index in [9.17, 15) is 9.59 Å². The molecule has 3 rings (SSSR count). The highest BCUT2D eigenvalue weighted by Gasteiger charge is 2.16. The fourth-order valence-electron chi connectivity index (χ4n) is 2.16. The Morgan fingerprint density at radius 3 is 2.80 bits per heavy atom. The molecule has 1 aromatic carbocycles. The molecule has 128 valence electrons. The van der Waals surface area contributed by atoms with Gasteiger partial charge in [-0.15, -0.1) is 11.3 Å². The zero-order valence-electron chi connectivity index (χ0n) is 13.4. The molecule has 7 nitrogen and oxygen atoms in total. The third-order valence-corrected chi connectivity index (χ3v) is 4.15. The number of ether oxygens (including phenoxy) is 1. The third-order valence-electron chi connectivity index (χ3n) is 3.41. The molecule has 0 fully saturated rings. The van der Waals surface area contributed by atoms with E-state index in [2.05, 4.69) is 20.2 Å². The number of amides is 1. The van der Waals surface area contributed by atoms with Crippen LogP contribution in [0.2, 0.25) is 0 Å². The normalized spacial score (nSPS) is 10.4. The Morgan fingerprint density at radius 1 is 1.24 bits per heavy atom. The van der Waals surface area contributed by atoms with Crippen LogP contribution in [0.25, 0.3) is 11.4 Å². The molecule has 8 heteroatoms. The third kappa shape index (κ3) is 4.10. The minimum atomic E-state index is -0.485. The van der Waals surface area contributed by atoms with E-state index >= 15 is 0 Å². The summed E-state index contributed by atoms with van der Waals surface area (Å²) in [6, 6.07) is 9.44. The van der Waals surface area contributed by atoms with Crippen LogP contribution in [0.1, 0.15) is 22.7 Å². The maximum Gasteiger partial charge on any atom is 0.340 e. The van der Waals surface area contributed by atoms with Gasteiger partial charge in [0.2, 0.25) is 17.6 Å². The first kappa shape index (κ1) is 16.8. The summed E-state index contributed by atoms with van der Waals surface area (Å²) in [6.07, 6.45) is 0.468. The van der Waals surface area contributed by atoms with Crippen LogP contribution < -0.4 is 5.32 Å². The van der Waals surface area contributed by atoms with Crippen molar-refractivity contribution in [3.05, 3.63) is 52.5 Å². The largest absolute Gasteiger partial charge is 0.465 e. The zero-order valence-corrected chi connectivity index (χ0v) is 14.2. The molecule has 0 bridgehead atoms. The lowest BCUT2D eigenvalue weighted by atomic mass is 10.2. The first-order valence-corrected chi connectivity index (χ1v) is 8.44. The topological polar surface area (TPSA) is 94.3 Å². The molecular weight excluding hydrogens is 342 g/mol. The number of methoxy groups -OCH3 is 1. The molecule has 0 saturated carbocycles. The molecule has 0 aliphatic carbocycles. The first-order valence-electron chi connectivity index (χ1n) is 7.49. The summed E-state index contributed by atoms with van der Waals surface area (Å²) in [4.78, 5) is 27.9. The van der Waals surface area contributed by atoms with Gasteiger partial charge in [0.1, 0.15) is 0 Å². The standard InChI is InChI=1S/C17H15N3O4S/c1-23-17(22)12-9-25-10-13(12)18-14(21)7-8-15-19-16(20-24-15)11-5-3-2-4-6-11/h2-6,9-10H,7-8H2,1H3,(H,18,21). The molecule has 0 aliphatic rings. The van der Waals surface area contributed by atoms with Crippen molar-refractivity contribution in [2.75, 3.05) is 12.4 Å². The number of benzene rings is 1. The molecule has 2 heterocycles. The van der Waals surface area contributed by atoms with Crippen LogP contribution in [-0.4, -0.2) is 29.1 Å². The Hall–Kier alpha value is -3.00. The van der Waals surface area contributed by atoms with E-state index in [0.717, 1.165) is 5.56 Å². The summed E-state index contributed by atoms with van der Waals surface area (Å²) in [5, 5.41) is 9.92. The average molecular weight is 357 g/mol. The molecule has 0 saturated heterocycles. The van der Waals surface area contributed by atoms with Gasteiger partial charge in [-0.2, -0.15) is 4.98 Å². The molecule has 2 aromatic heterocycles. The van der Waals surface area contributed by atoms with E-state index < -0.39 is 5.97 Å². The van der Waals surface area contributed by atoms with Gasteiger partial charge in [0.05, 0.1) is 18.4 Å². The number of nitrogens with zero attached hydrogens (tertiary/aromatic N) is 2. The SMILES string of the molecule is COC(=O)c1cscc1NC(=O)CCc1nc(-c2ccccc2)no1. The zero-order chi connectivity index (χ0) is 17.6. The Balaban J connectivity index is 1.57. The fourth-order valence-corrected chi connectivity index (χ4v) is 2.91. The van der Waals surface area contributed by atoms with Crippen LogP contribution in [0.5, 0.6) is 0 Å². The molecule has 0 aliphatic heterocycles. The van der Waals surface area contributed by atoms with Crippen molar-refractivity contribution in [2.45, 2.75) is 12.8 Å². The second-order valence-electron chi connectivity index (χ2n) is 5.12. The van der Waals surface area contributed by atoms with Gasteiger partial charge in [-0.1, -0.05) is 35.5 Å². The number of aromatic nitrogens is 2. The summed E-state index contributed by atoms with van der Waals surface area (Å²) in [5.41, 5.74) is 1.63. The van der Waals surface area contributed by atoms with Crippen molar-refractivity contribution >= 4 is 28.9 Å². The fraction of sp³-hybridized carbons (Fsp3) is 0.176. The number of aryl methyl sites for hydroxylation is 1. The van der Waals surface area contributed by atoms with Gasteiger partial charge < -0.3 is 14.6 Å². The Morgan fingerprint density at radius 2 is 2.04 bits per heavy atom. The Kier molecular flexibility index (Phi) is 5.20. The van der Waals surface area contributed by atoms with Crippen LogP contribution in [-0.2, 0) is 16.0 Å². The predicted molar refractivity (Wildman–Crippen MR) is 92.3 cm³/mol. The molecule has 25 heavy (non-hydrogen) atoms. The van der Waals surface area contributed by atoms with E-state index in [4.69, 9.17) is 4.52 Å². The molecule has 0 unspecified atom stereocenters. The molecule has 1 amide bonds. The number of nitrogens with one attached hydrogen (secondary N) is 1. The number of anilines is 1. The highest BCUT2D eigenvalue weighted by atomic mass is 32.1. The first-order chi connectivity index (χ1) is 12.2. The lowest BCUT2D eigenvalue weighted by Crippen LogP contribution is -2.14. The minimum Gasteiger partial charge on any atom is -0.465 e. The number of carbonyl (C=O) groups is 2. The summed E-state index contributed by atoms with van der Waals surface area (Å²) < 4.78 is 9.84. The number of hydrogen-bond acceptors (Lipinski definition) is 7. The summed E-state index contributed by atoms with van der Waals surface area (Å²) in [7, 11) is 1.30. The Labute approximate surface area is 147 Å². The summed E-state index contributed by atoms with van der Waals surface area (Å²) in [5.74, 6) is 0.137. The molecule has 0 atom stereocenters. The summed E-state index contributed by atoms with van der Waals surface area (Å²) in [6.45, 7) is 0. The second kappa shape index (κ2) is 7.71. The maximum atomic E-state index is 12.1. The maximum absolute atomic E-state index is 12.1. The lowest BCUT2D eigenvalue weighted by Gasteiger charge is -2.04. The van der Waals surface area contributed by atoms with E-state index in [-0.39, 0.29) is 12.3 Å². The van der Waals surface area contributed by atoms with Gasteiger partial charge in [0.15, 0.2) is 0 Å². The van der Waals surface area contributed by atoms with Crippen molar-refractivity contribution in [1.82, 2.24) is 10.1 Å². The van der Waals surface area contributed by atoms with Crippen LogP contribution in [0.3, 0.4) is 0 Å². The minimum absolute atomic E-state index is 0.160. The quantitative estimate of drug-likeness (QED) is 0.681. The van der Waals surface area contributed by atoms with Gasteiger partial charge >= 0.3 is 5.97 Å². The van der Waals surface area contributed by atoms with Crippen molar-refractivity contribution in [3.8, 4) is 11.4 Å². The van der Waals surface area contributed by atoms with Crippen LogP contribution in [0.15, 0.2) is 45.6 Å². The van der Waals surface area contributed by atoms with Gasteiger partial charge in [-0.3, -0.25) is 4.79 Å². The average Bonchev–Trinajstić information content (AvgIpc) is 3.29. The number of esters is 1. The Bertz CT molecular complexity index is 873. The highest BCUT2D eigenvalue weighted by molar-refractivity contribution is 7.08. The van der Waals surface area contributed by atoms with E-state index in [1.165, 1.54) is 18.4 Å². The number of carbonyl (C=O) groups excluding carboxylic acids is 2. The monoisotopic (exact) mass is 357 g/mol. The van der Waals surface area contributed by atoms with Crippen LogP contribution in [0, 0.1) is 0 Å². The van der Waals surface area contributed by atoms with E-state index in [1.807, 2.05) is 30.3 Å². The molecule has 3 aromatic rings. The van der Waals surface area contributed by atoms with Gasteiger partial charge in [-0.05, 0) is 0 Å². The highest BCUT2D eigenvalue weighted by Crippen LogP contribution is 2.22. The molecule has 0 spiro atoms. The number of rotatable bonds is 6. The van der Waals surface area contributed by atoms with Crippen LogP contribution >= 0.6 is 11.3 Å². The van der Waals surface area contributed by atoms with Crippen molar-refractivity contribution in [3.63, 3.8) is 0 Å². The van der Waals surface area contributed by atoms with Crippen molar-refractivity contribution in [1.29, 1.82) is 0 Å². The molecule has 1 N–H and O–H groups in total. The van der Waals surface area contributed by atoms with Gasteiger partial charge in [0, 0.05) is 29.2 Å². The van der Waals surface area contributed by atoms with Gasteiger partial charge in [0.25, 0.3) is 0 Å². The van der Waals surface area contributed by atoms with Gasteiger partial charge in [-0.25, -0.2) is 4.79 Å². The molecular formula is C17H15N3O4S.